The van der Waals surface area contributed by atoms with Crippen molar-refractivity contribution in [3.05, 3.63) is 23.9 Å². The number of anilines is 1. The third-order valence-electron chi connectivity index (χ3n) is 2.45. The number of rotatable bonds is 5. The number of nitriles is 1. The highest BCUT2D eigenvalue weighted by Gasteiger charge is 2.08. The van der Waals surface area contributed by atoms with Gasteiger partial charge in [-0.15, -0.1) is 0 Å². The Morgan fingerprint density at radius 3 is 2.94 bits per heavy atom. The van der Waals surface area contributed by atoms with Gasteiger partial charge in [-0.1, -0.05) is 0 Å². The van der Waals surface area contributed by atoms with E-state index in [-0.39, 0.29) is 0 Å². The van der Waals surface area contributed by atoms with Crippen molar-refractivity contribution >= 4 is 5.82 Å². The molecule has 0 aliphatic rings. The van der Waals surface area contributed by atoms with E-state index in [0.717, 1.165) is 17.9 Å². The van der Waals surface area contributed by atoms with Crippen LogP contribution in [0.2, 0.25) is 0 Å². The minimum absolute atomic E-state index is 0.481. The molecule has 1 aromatic heterocycles. The Morgan fingerprint density at radius 2 is 2.38 bits per heavy atom. The first-order valence-corrected chi connectivity index (χ1v) is 5.45. The van der Waals surface area contributed by atoms with Gasteiger partial charge in [-0.3, -0.25) is 0 Å². The van der Waals surface area contributed by atoms with Crippen molar-refractivity contribution in [2.75, 3.05) is 18.0 Å². The molecule has 0 saturated carbocycles. The van der Waals surface area contributed by atoms with Gasteiger partial charge in [0, 0.05) is 19.3 Å². The van der Waals surface area contributed by atoms with Crippen LogP contribution < -0.4 is 4.90 Å². The van der Waals surface area contributed by atoms with Gasteiger partial charge in [0.1, 0.15) is 5.82 Å². The maximum absolute atomic E-state index is 9.48. The van der Waals surface area contributed by atoms with Crippen LogP contribution in [-0.4, -0.2) is 23.2 Å². The molecule has 1 aromatic rings. The summed E-state index contributed by atoms with van der Waals surface area (Å²) in [5.41, 5.74) is 0.848. The minimum Gasteiger partial charge on any atom is -0.389 e. The van der Waals surface area contributed by atoms with Crippen LogP contribution in [0.3, 0.4) is 0 Å². The molecule has 0 spiro atoms. The zero-order chi connectivity index (χ0) is 12.0. The predicted octanol–water partition coefficient (Wildman–Crippen LogP) is 1.87. The van der Waals surface area contributed by atoms with Crippen LogP contribution in [0.5, 0.6) is 0 Å². The molecule has 0 aliphatic carbocycles. The molecule has 4 heteroatoms. The monoisotopic (exact) mass is 219 g/mol. The average molecular weight is 219 g/mol. The van der Waals surface area contributed by atoms with Gasteiger partial charge in [0.15, 0.2) is 0 Å². The number of nitrogens with zero attached hydrogens (tertiary/aromatic N) is 3. The summed E-state index contributed by atoms with van der Waals surface area (Å²) in [6.07, 6.45) is 1.68. The highest BCUT2D eigenvalue weighted by Crippen LogP contribution is 2.17. The van der Waals surface area contributed by atoms with Crippen LogP contribution in [0.25, 0.3) is 0 Å². The van der Waals surface area contributed by atoms with Crippen LogP contribution in [0.4, 0.5) is 5.82 Å². The first kappa shape index (κ1) is 12.5. The fraction of sp³-hybridized carbons (Fsp3) is 0.500. The largest absolute Gasteiger partial charge is 0.389 e. The zero-order valence-corrected chi connectivity index (χ0v) is 9.72. The SMILES string of the molecule is CCN(CCC#N)c1cc([C@H](C)O)ccn1. The average Bonchev–Trinajstić information content (AvgIpc) is 2.30. The van der Waals surface area contributed by atoms with Crippen molar-refractivity contribution in [3.63, 3.8) is 0 Å². The lowest BCUT2D eigenvalue weighted by atomic mass is 10.1. The summed E-state index contributed by atoms with van der Waals surface area (Å²) < 4.78 is 0. The number of aromatic nitrogens is 1. The molecule has 1 N–H and O–H groups in total. The van der Waals surface area contributed by atoms with Crippen LogP contribution in [0.15, 0.2) is 18.3 Å². The lowest BCUT2D eigenvalue weighted by molar-refractivity contribution is 0.199. The molecule has 1 atom stereocenters. The van der Waals surface area contributed by atoms with E-state index in [4.69, 9.17) is 5.26 Å². The van der Waals surface area contributed by atoms with Crippen molar-refractivity contribution < 1.29 is 5.11 Å². The van der Waals surface area contributed by atoms with Crippen LogP contribution in [0, 0.1) is 11.3 Å². The number of aliphatic hydroxyl groups excluding tert-OH is 1. The van der Waals surface area contributed by atoms with E-state index in [1.165, 1.54) is 0 Å². The molecule has 0 bridgehead atoms. The molecule has 16 heavy (non-hydrogen) atoms. The van der Waals surface area contributed by atoms with E-state index in [9.17, 15) is 5.11 Å². The summed E-state index contributed by atoms with van der Waals surface area (Å²) in [6, 6.07) is 5.79. The van der Waals surface area contributed by atoms with E-state index in [2.05, 4.69) is 11.1 Å². The van der Waals surface area contributed by atoms with Crippen LogP contribution in [-0.2, 0) is 0 Å². The first-order chi connectivity index (χ1) is 7.69. The molecule has 0 saturated heterocycles. The van der Waals surface area contributed by atoms with E-state index in [1.807, 2.05) is 17.9 Å². The Kier molecular flexibility index (Phi) is 4.74. The summed E-state index contributed by atoms with van der Waals surface area (Å²) in [4.78, 5) is 6.27. The third kappa shape index (κ3) is 3.21. The van der Waals surface area contributed by atoms with Crippen LogP contribution >= 0.6 is 0 Å². The maximum atomic E-state index is 9.48. The number of pyridine rings is 1. The topological polar surface area (TPSA) is 60.2 Å². The Bertz CT molecular complexity index is 371. The summed E-state index contributed by atoms with van der Waals surface area (Å²) >= 11 is 0. The molecule has 0 aliphatic heterocycles. The Morgan fingerprint density at radius 1 is 1.62 bits per heavy atom. The second-order valence-electron chi connectivity index (χ2n) is 3.61. The Hall–Kier alpha value is -1.60. The van der Waals surface area contributed by atoms with Gasteiger partial charge < -0.3 is 10.0 Å². The van der Waals surface area contributed by atoms with E-state index >= 15 is 0 Å². The fourth-order valence-electron chi connectivity index (χ4n) is 1.49. The van der Waals surface area contributed by atoms with Gasteiger partial charge in [-0.2, -0.15) is 5.26 Å². The fourth-order valence-corrected chi connectivity index (χ4v) is 1.49. The molecule has 0 amide bonds. The highest BCUT2D eigenvalue weighted by molar-refractivity contribution is 5.41. The molecular weight excluding hydrogens is 202 g/mol. The van der Waals surface area contributed by atoms with E-state index < -0.39 is 6.10 Å². The van der Waals surface area contributed by atoms with E-state index in [1.54, 1.807) is 19.2 Å². The summed E-state index contributed by atoms with van der Waals surface area (Å²) in [7, 11) is 0. The van der Waals surface area contributed by atoms with Crippen molar-refractivity contribution in [2.24, 2.45) is 0 Å². The second-order valence-corrected chi connectivity index (χ2v) is 3.61. The molecular formula is C12H17N3O. The highest BCUT2D eigenvalue weighted by atomic mass is 16.3. The lowest BCUT2D eigenvalue weighted by Crippen LogP contribution is -2.24. The Balaban J connectivity index is 2.84. The number of hydrogen-bond donors (Lipinski definition) is 1. The van der Waals surface area contributed by atoms with Crippen molar-refractivity contribution in [3.8, 4) is 6.07 Å². The second kappa shape index (κ2) is 6.09. The quantitative estimate of drug-likeness (QED) is 0.821. The van der Waals surface area contributed by atoms with E-state index in [0.29, 0.717) is 13.0 Å². The predicted molar refractivity (Wildman–Crippen MR) is 63.0 cm³/mol. The molecule has 1 rings (SSSR count). The zero-order valence-electron chi connectivity index (χ0n) is 9.72. The third-order valence-corrected chi connectivity index (χ3v) is 2.45. The first-order valence-electron chi connectivity index (χ1n) is 5.45. The molecule has 86 valence electrons. The number of hydrogen-bond acceptors (Lipinski definition) is 4. The van der Waals surface area contributed by atoms with Crippen molar-refractivity contribution in [2.45, 2.75) is 26.4 Å². The number of aliphatic hydroxyl groups is 1. The molecule has 4 nitrogen and oxygen atoms in total. The van der Waals surface area contributed by atoms with Crippen LogP contribution in [0.1, 0.15) is 31.9 Å². The smallest absolute Gasteiger partial charge is 0.128 e. The lowest BCUT2D eigenvalue weighted by Gasteiger charge is -2.21. The summed E-state index contributed by atoms with van der Waals surface area (Å²) in [6.45, 7) is 5.22. The minimum atomic E-state index is -0.489. The van der Waals surface area contributed by atoms with Crippen molar-refractivity contribution in [1.29, 1.82) is 5.26 Å². The van der Waals surface area contributed by atoms with Gasteiger partial charge in [0.25, 0.3) is 0 Å². The molecule has 0 aromatic carbocycles. The summed E-state index contributed by atoms with van der Waals surface area (Å²) in [5, 5.41) is 18.0. The molecule has 0 radical (unpaired) electrons. The van der Waals surface area contributed by atoms with Crippen molar-refractivity contribution in [1.82, 2.24) is 4.98 Å². The summed E-state index contributed by atoms with van der Waals surface area (Å²) in [5.74, 6) is 0.816. The molecule has 0 fully saturated rings. The van der Waals surface area contributed by atoms with Gasteiger partial charge in [-0.25, -0.2) is 4.98 Å². The maximum Gasteiger partial charge on any atom is 0.128 e. The van der Waals surface area contributed by atoms with Gasteiger partial charge in [-0.05, 0) is 31.5 Å². The van der Waals surface area contributed by atoms with Gasteiger partial charge >= 0.3 is 0 Å². The molecule has 0 unspecified atom stereocenters. The molecule has 1 heterocycles. The van der Waals surface area contributed by atoms with Gasteiger partial charge in [0.2, 0.25) is 0 Å². The Labute approximate surface area is 96.2 Å². The van der Waals surface area contributed by atoms with Gasteiger partial charge in [0.05, 0.1) is 18.6 Å². The normalized spacial score (nSPS) is 11.9. The standard InChI is InChI=1S/C12H17N3O/c1-3-15(8-4-6-13)12-9-11(10(2)16)5-7-14-12/h5,7,9-10,16H,3-4,8H2,1-2H3/t10-/m0/s1.